The summed E-state index contributed by atoms with van der Waals surface area (Å²) in [5, 5.41) is 0.0135. The summed E-state index contributed by atoms with van der Waals surface area (Å²) < 4.78 is 25.3. The van der Waals surface area contributed by atoms with E-state index in [0.29, 0.717) is 5.56 Å². The van der Waals surface area contributed by atoms with Crippen LogP contribution in [0, 0.1) is 6.92 Å². The van der Waals surface area contributed by atoms with Crippen molar-refractivity contribution in [3.63, 3.8) is 0 Å². The Morgan fingerprint density at radius 3 is 2.00 bits per heavy atom. The Morgan fingerprint density at radius 1 is 0.952 bits per heavy atom. The fourth-order valence-electron chi connectivity index (χ4n) is 1.65. The minimum Gasteiger partial charge on any atom is -0.218 e. The summed E-state index contributed by atoms with van der Waals surface area (Å²) in [6, 6.07) is 13.4. The number of hydrogen-bond acceptors (Lipinski definition) is 2. The fraction of sp³-hybridized carbons (Fsp3) is 0.0667. The molecule has 6 heteroatoms. The molecule has 0 unspecified atom stereocenters. The van der Waals surface area contributed by atoms with Gasteiger partial charge in [0.15, 0.2) is 4.36 Å². The predicted molar refractivity (Wildman–Crippen MR) is 91.1 cm³/mol. The van der Waals surface area contributed by atoms with Gasteiger partial charge in [0, 0.05) is 4.47 Å². The molecule has 0 N–H and O–H groups in total. The van der Waals surface area contributed by atoms with E-state index in [0.717, 1.165) is 10.0 Å². The van der Waals surface area contributed by atoms with Crippen LogP contribution < -0.4 is 0 Å². The predicted octanol–water partition coefficient (Wildman–Crippen LogP) is 5.34. The first-order chi connectivity index (χ1) is 9.82. The number of rotatable bonds is 3. The summed E-state index contributed by atoms with van der Waals surface area (Å²) in [7, 11) is -3.82. The molecule has 0 saturated heterocycles. The zero-order valence-corrected chi connectivity index (χ0v) is 14.9. The third-order valence-corrected chi connectivity index (χ3v) is 6.35. The van der Waals surface area contributed by atoms with Crippen molar-refractivity contribution in [2.75, 3.05) is 0 Å². The first-order valence-electron chi connectivity index (χ1n) is 5.95. The zero-order valence-electron chi connectivity index (χ0n) is 11.0. The Bertz CT molecular complexity index is 779. The van der Waals surface area contributed by atoms with Gasteiger partial charge < -0.3 is 0 Å². The summed E-state index contributed by atoms with van der Waals surface area (Å²) in [5.74, 6) is 0. The molecule has 110 valence electrons. The average molecular weight is 406 g/mol. The molecule has 0 heterocycles. The van der Waals surface area contributed by atoms with E-state index in [9.17, 15) is 8.42 Å². The fourth-order valence-corrected chi connectivity index (χ4v) is 3.78. The molecular formula is C15H11BrCl2O2S. The summed E-state index contributed by atoms with van der Waals surface area (Å²) in [4.78, 5) is 0.0981. The van der Waals surface area contributed by atoms with Gasteiger partial charge in [-0.25, -0.2) is 8.42 Å². The molecule has 0 saturated carbocycles. The topological polar surface area (TPSA) is 34.1 Å². The van der Waals surface area contributed by atoms with E-state index in [4.69, 9.17) is 23.2 Å². The molecule has 0 amide bonds. The Kier molecular flexibility index (Phi) is 5.15. The monoisotopic (exact) mass is 404 g/mol. The molecule has 2 rings (SSSR count). The SMILES string of the molecule is Cc1ccc(/C(Cl)=C(/Cl)S(=O)(=O)c2ccc(Br)cc2)cc1. The Hall–Kier alpha value is -0.810. The summed E-state index contributed by atoms with van der Waals surface area (Å²) in [6.45, 7) is 1.93. The summed E-state index contributed by atoms with van der Waals surface area (Å²) in [6.07, 6.45) is 0. The van der Waals surface area contributed by atoms with Gasteiger partial charge in [0.2, 0.25) is 9.84 Å². The van der Waals surface area contributed by atoms with E-state index in [2.05, 4.69) is 15.9 Å². The number of sulfone groups is 1. The van der Waals surface area contributed by atoms with Gasteiger partial charge in [-0.1, -0.05) is 69.0 Å². The van der Waals surface area contributed by atoms with Crippen LogP contribution in [0.1, 0.15) is 11.1 Å². The maximum atomic E-state index is 12.4. The molecule has 21 heavy (non-hydrogen) atoms. The molecule has 0 bridgehead atoms. The van der Waals surface area contributed by atoms with Crippen molar-refractivity contribution >= 4 is 54.0 Å². The van der Waals surface area contributed by atoms with Crippen LogP contribution in [0.5, 0.6) is 0 Å². The van der Waals surface area contributed by atoms with Crippen LogP contribution in [0.4, 0.5) is 0 Å². The van der Waals surface area contributed by atoms with Crippen molar-refractivity contribution in [2.45, 2.75) is 11.8 Å². The van der Waals surface area contributed by atoms with Gasteiger partial charge in [0.05, 0.1) is 9.93 Å². The number of benzene rings is 2. The normalized spacial score (nSPS) is 13.0. The van der Waals surface area contributed by atoms with Crippen LogP contribution in [0.25, 0.3) is 5.03 Å². The highest BCUT2D eigenvalue weighted by molar-refractivity contribution is 9.10. The number of hydrogen-bond donors (Lipinski definition) is 0. The van der Waals surface area contributed by atoms with Crippen LogP contribution >= 0.6 is 39.1 Å². The van der Waals surface area contributed by atoms with Crippen LogP contribution in [0.3, 0.4) is 0 Å². The standard InChI is InChI=1S/C15H11BrCl2O2S/c1-10-2-4-11(5-3-10)14(17)15(18)21(19,20)13-8-6-12(16)7-9-13/h2-9H,1H3/b15-14+. The van der Waals surface area contributed by atoms with Gasteiger partial charge >= 0.3 is 0 Å². The van der Waals surface area contributed by atoms with Gasteiger partial charge in [-0.2, -0.15) is 0 Å². The molecule has 0 fully saturated rings. The number of halogens is 3. The molecule has 0 aliphatic heterocycles. The lowest BCUT2D eigenvalue weighted by Gasteiger charge is -2.07. The quantitative estimate of drug-likeness (QED) is 0.690. The first-order valence-corrected chi connectivity index (χ1v) is 8.98. The Labute approximate surface area is 142 Å². The van der Waals surface area contributed by atoms with E-state index in [1.165, 1.54) is 12.1 Å². The zero-order chi connectivity index (χ0) is 15.6. The van der Waals surface area contributed by atoms with Crippen molar-refractivity contribution in [3.8, 4) is 0 Å². The lowest BCUT2D eigenvalue weighted by Crippen LogP contribution is -2.02. The van der Waals surface area contributed by atoms with Crippen LogP contribution in [0.15, 0.2) is 62.3 Å². The molecule has 2 aromatic rings. The summed E-state index contributed by atoms with van der Waals surface area (Å²) in [5.41, 5.74) is 1.61. The highest BCUT2D eigenvalue weighted by Gasteiger charge is 2.23. The van der Waals surface area contributed by atoms with Crippen molar-refractivity contribution in [1.82, 2.24) is 0 Å². The molecule has 2 nitrogen and oxygen atoms in total. The first kappa shape index (κ1) is 16.6. The highest BCUT2D eigenvalue weighted by atomic mass is 79.9. The van der Waals surface area contributed by atoms with Gasteiger partial charge in [0.25, 0.3) is 0 Å². The largest absolute Gasteiger partial charge is 0.218 e. The van der Waals surface area contributed by atoms with E-state index in [1.807, 2.05) is 19.1 Å². The maximum Gasteiger partial charge on any atom is 0.218 e. The van der Waals surface area contributed by atoms with Gasteiger partial charge in [-0.05, 0) is 36.8 Å². The molecule has 0 aliphatic rings. The lowest BCUT2D eigenvalue weighted by molar-refractivity contribution is 0.604. The van der Waals surface area contributed by atoms with Crippen LogP contribution in [-0.2, 0) is 9.84 Å². The third kappa shape index (κ3) is 3.69. The van der Waals surface area contributed by atoms with Gasteiger partial charge in [-0.15, -0.1) is 0 Å². The Balaban J connectivity index is 2.50. The number of aryl methyl sites for hydroxylation is 1. The molecule has 0 aromatic heterocycles. The smallest absolute Gasteiger partial charge is 0.218 e. The van der Waals surface area contributed by atoms with Crippen LogP contribution in [-0.4, -0.2) is 8.42 Å². The van der Waals surface area contributed by atoms with Gasteiger partial charge in [-0.3, -0.25) is 0 Å². The Morgan fingerprint density at radius 2 is 1.48 bits per heavy atom. The van der Waals surface area contributed by atoms with Crippen molar-refractivity contribution in [3.05, 3.63) is 68.5 Å². The highest BCUT2D eigenvalue weighted by Crippen LogP contribution is 2.33. The van der Waals surface area contributed by atoms with E-state index < -0.39 is 9.84 Å². The molecule has 0 spiro atoms. The maximum absolute atomic E-state index is 12.4. The van der Waals surface area contributed by atoms with Crippen molar-refractivity contribution < 1.29 is 8.42 Å². The second kappa shape index (κ2) is 6.53. The molecule has 0 atom stereocenters. The average Bonchev–Trinajstić information content (AvgIpc) is 2.47. The third-order valence-electron chi connectivity index (χ3n) is 2.84. The summed E-state index contributed by atoms with van der Waals surface area (Å²) >= 11 is 15.4. The van der Waals surface area contributed by atoms with Crippen molar-refractivity contribution in [2.24, 2.45) is 0 Å². The minimum atomic E-state index is -3.82. The van der Waals surface area contributed by atoms with E-state index in [1.54, 1.807) is 24.3 Å². The molecule has 0 aliphatic carbocycles. The van der Waals surface area contributed by atoms with E-state index >= 15 is 0 Å². The second-order valence-electron chi connectivity index (χ2n) is 4.41. The van der Waals surface area contributed by atoms with Crippen LogP contribution in [0.2, 0.25) is 0 Å². The minimum absolute atomic E-state index is 0.0135. The lowest BCUT2D eigenvalue weighted by atomic mass is 10.1. The second-order valence-corrected chi connectivity index (χ2v) is 8.19. The molecule has 0 radical (unpaired) electrons. The molecule has 2 aromatic carbocycles. The van der Waals surface area contributed by atoms with Crippen molar-refractivity contribution in [1.29, 1.82) is 0 Å². The van der Waals surface area contributed by atoms with Gasteiger partial charge in [0.1, 0.15) is 0 Å². The van der Waals surface area contributed by atoms with E-state index in [-0.39, 0.29) is 14.3 Å². The molecular weight excluding hydrogens is 395 g/mol.